The van der Waals surface area contributed by atoms with Crippen LogP contribution in [0.5, 0.6) is 0 Å². The molecule has 0 aromatic rings. The Morgan fingerprint density at radius 2 is 1.56 bits per heavy atom. The molecule has 3 unspecified atom stereocenters. The van der Waals surface area contributed by atoms with Crippen LogP contribution in [0.4, 0.5) is 0 Å². The lowest BCUT2D eigenvalue weighted by Gasteiger charge is -2.14. The normalized spacial score (nSPS) is 14.3. The van der Waals surface area contributed by atoms with Gasteiger partial charge in [0.1, 0.15) is 6.61 Å². The highest BCUT2D eigenvalue weighted by molar-refractivity contribution is 6.04. The fraction of sp³-hybridized carbons (Fsp3) is 0.783. The van der Waals surface area contributed by atoms with Crippen molar-refractivity contribution in [3.8, 4) is 0 Å². The van der Waals surface area contributed by atoms with Gasteiger partial charge in [0.2, 0.25) is 5.91 Å². The van der Waals surface area contributed by atoms with Gasteiger partial charge in [0.05, 0.1) is 12.0 Å². The van der Waals surface area contributed by atoms with Crippen molar-refractivity contribution >= 4 is 17.7 Å². The number of methoxy groups -OCH3 is 2. The molecule has 0 radical (unpaired) electrons. The van der Waals surface area contributed by atoms with E-state index in [2.05, 4.69) is 15.2 Å². The maximum absolute atomic E-state index is 11.3. The van der Waals surface area contributed by atoms with Crippen molar-refractivity contribution in [2.24, 2.45) is 17.0 Å². The Hall–Kier alpha value is -1.97. The van der Waals surface area contributed by atoms with E-state index in [1.165, 1.54) is 13.2 Å². The highest BCUT2D eigenvalue weighted by Gasteiger charge is 2.14. The Morgan fingerprint density at radius 3 is 1.88 bits per heavy atom. The number of rotatable bonds is 10. The number of nitrogens with zero attached hydrogens (tertiary/aromatic N) is 1. The number of amides is 1. The van der Waals surface area contributed by atoms with Crippen molar-refractivity contribution in [1.82, 2.24) is 5.32 Å². The first-order valence-corrected chi connectivity index (χ1v) is 11.0. The molecule has 0 heterocycles. The monoisotopic (exact) mass is 462 g/mol. The molecule has 32 heavy (non-hydrogen) atoms. The number of amidine groups is 1. The number of hydrogen-bond acceptors (Lipinski definition) is 8. The fourth-order valence-corrected chi connectivity index (χ4v) is 1.53. The third-order valence-electron chi connectivity index (χ3n) is 4.46. The van der Waals surface area contributed by atoms with E-state index in [0.717, 1.165) is 19.3 Å². The van der Waals surface area contributed by atoms with Gasteiger partial charge in [0, 0.05) is 20.1 Å². The van der Waals surface area contributed by atoms with Gasteiger partial charge >= 0.3 is 5.97 Å². The zero-order valence-corrected chi connectivity index (χ0v) is 21.6. The van der Waals surface area contributed by atoms with Crippen LogP contribution in [0.3, 0.4) is 0 Å². The second-order valence-electron chi connectivity index (χ2n) is 7.64. The van der Waals surface area contributed by atoms with Crippen molar-refractivity contribution in [2.75, 3.05) is 20.8 Å². The highest BCUT2D eigenvalue weighted by atomic mass is 16.6. The van der Waals surface area contributed by atoms with Crippen LogP contribution in [-0.2, 0) is 23.8 Å². The Bertz CT molecular complexity index is 539. The smallest absolute Gasteiger partial charge is 0.308 e. The predicted octanol–water partition coefficient (Wildman–Crippen LogP) is 3.87. The highest BCUT2D eigenvalue weighted by Crippen LogP contribution is 2.05. The lowest BCUT2D eigenvalue weighted by molar-refractivity contribution is -0.155. The van der Waals surface area contributed by atoms with Crippen LogP contribution >= 0.6 is 0 Å². The second-order valence-corrected chi connectivity index (χ2v) is 7.64. The van der Waals surface area contributed by atoms with E-state index in [1.54, 1.807) is 34.0 Å². The molecule has 9 heteroatoms. The van der Waals surface area contributed by atoms with Gasteiger partial charge in [-0.1, -0.05) is 45.9 Å². The van der Waals surface area contributed by atoms with E-state index < -0.39 is 5.79 Å². The largest absolute Gasteiger partial charge is 0.463 e. The van der Waals surface area contributed by atoms with Crippen LogP contribution < -0.4 is 5.32 Å². The summed E-state index contributed by atoms with van der Waals surface area (Å²) in [5.74, 6) is -1.12. The molecule has 0 rings (SSSR count). The predicted molar refractivity (Wildman–Crippen MR) is 126 cm³/mol. The Morgan fingerprint density at radius 1 is 1.06 bits per heavy atom. The minimum absolute atomic E-state index is 0.00522. The maximum Gasteiger partial charge on any atom is 0.308 e. The molecule has 190 valence electrons. The lowest BCUT2D eigenvalue weighted by atomic mass is 10.1. The molecule has 0 aliphatic carbocycles. The number of ether oxygens (including phenoxy) is 3. The van der Waals surface area contributed by atoms with Gasteiger partial charge in [-0.05, 0) is 46.1 Å². The van der Waals surface area contributed by atoms with Crippen LogP contribution in [0.25, 0.3) is 0 Å². The van der Waals surface area contributed by atoms with Crippen molar-refractivity contribution in [1.29, 1.82) is 0 Å². The minimum atomic E-state index is -0.958. The first-order valence-electron chi connectivity index (χ1n) is 11.0. The van der Waals surface area contributed by atoms with Crippen molar-refractivity contribution in [3.63, 3.8) is 0 Å². The fourth-order valence-electron chi connectivity index (χ4n) is 1.53. The molecule has 0 fully saturated rings. The molecular formula is C23H46N2O7. The summed E-state index contributed by atoms with van der Waals surface area (Å²) in [7, 11) is 3.09. The molecule has 0 aromatic carbocycles. The van der Waals surface area contributed by atoms with E-state index in [9.17, 15) is 9.59 Å². The summed E-state index contributed by atoms with van der Waals surface area (Å²) in [4.78, 5) is 22.5. The van der Waals surface area contributed by atoms with Crippen molar-refractivity contribution < 1.29 is 34.1 Å². The third kappa shape index (κ3) is 21.3. The number of esters is 1. The second kappa shape index (κ2) is 20.9. The number of oxime groups is 1. The van der Waals surface area contributed by atoms with Crippen LogP contribution in [0.1, 0.15) is 74.7 Å². The summed E-state index contributed by atoms with van der Waals surface area (Å²) in [6, 6.07) is 0. The van der Waals surface area contributed by atoms with E-state index in [-0.39, 0.29) is 35.7 Å². The van der Waals surface area contributed by atoms with Crippen LogP contribution in [-0.4, -0.2) is 60.7 Å². The molecule has 0 saturated carbocycles. The van der Waals surface area contributed by atoms with Gasteiger partial charge in [-0.3, -0.25) is 9.59 Å². The summed E-state index contributed by atoms with van der Waals surface area (Å²) in [5.41, 5.74) is 0. The van der Waals surface area contributed by atoms with Gasteiger partial charge in [-0.25, -0.2) is 0 Å². The number of nitrogens with one attached hydrogen (secondary N) is 1. The summed E-state index contributed by atoms with van der Waals surface area (Å²) in [5, 5.41) is 22.5. The molecule has 0 aromatic heterocycles. The Kier molecular flexibility index (Phi) is 22.6. The molecule has 1 amide bonds. The zero-order valence-electron chi connectivity index (χ0n) is 21.6. The average molecular weight is 463 g/mol. The number of carbonyl (C=O) groups excluding carboxylic acids is 2. The quantitative estimate of drug-likeness (QED) is 0.112. The number of carbonyl (C=O) groups is 2. The molecule has 3 N–H and O–H groups in total. The van der Waals surface area contributed by atoms with E-state index in [4.69, 9.17) is 19.8 Å². The van der Waals surface area contributed by atoms with Gasteiger partial charge in [-0.15, -0.1) is 0 Å². The Balaban J connectivity index is -0.000000422. The van der Waals surface area contributed by atoms with Crippen LogP contribution in [0.15, 0.2) is 17.3 Å². The van der Waals surface area contributed by atoms with E-state index in [0.29, 0.717) is 6.61 Å². The van der Waals surface area contributed by atoms with Gasteiger partial charge < -0.3 is 29.8 Å². The van der Waals surface area contributed by atoms with Gasteiger partial charge in [0.25, 0.3) is 0 Å². The van der Waals surface area contributed by atoms with Crippen molar-refractivity contribution in [3.05, 3.63) is 12.2 Å². The van der Waals surface area contributed by atoms with Crippen molar-refractivity contribution in [2.45, 2.75) is 86.5 Å². The minimum Gasteiger partial charge on any atom is -0.463 e. The maximum atomic E-state index is 11.3. The molecule has 9 nitrogen and oxygen atoms in total. The third-order valence-corrected chi connectivity index (χ3v) is 4.46. The summed E-state index contributed by atoms with van der Waals surface area (Å²) >= 11 is 0. The van der Waals surface area contributed by atoms with Gasteiger partial charge in [0.15, 0.2) is 11.6 Å². The van der Waals surface area contributed by atoms with E-state index in [1.807, 2.05) is 34.6 Å². The average Bonchev–Trinajstić information content (AvgIpc) is 2.78. The molecule has 0 bridgehead atoms. The topological polar surface area (TPSA) is 127 Å². The molecular weight excluding hydrogens is 416 g/mol. The van der Waals surface area contributed by atoms with Crippen LogP contribution in [0, 0.1) is 11.8 Å². The van der Waals surface area contributed by atoms with Crippen LogP contribution in [0.2, 0.25) is 0 Å². The summed E-state index contributed by atoms with van der Waals surface area (Å²) in [6.07, 6.45) is 5.70. The number of allylic oxidation sites excluding steroid dienone is 1. The number of aliphatic hydroxyl groups is 1. The molecule has 0 aliphatic rings. The Labute approximate surface area is 194 Å². The summed E-state index contributed by atoms with van der Waals surface area (Å²) < 4.78 is 14.7. The zero-order chi connectivity index (χ0) is 25.7. The molecule has 3 atom stereocenters. The summed E-state index contributed by atoms with van der Waals surface area (Å²) in [6.45, 7) is 14.9. The number of hydrogen-bond donors (Lipinski definition) is 3. The molecule has 0 aliphatic heterocycles. The molecule has 0 spiro atoms. The lowest BCUT2D eigenvalue weighted by Crippen LogP contribution is -2.33. The standard InChI is InChI=1S/C10H20O3.C9H16N2O2.C4H10O2/c1-5-8(3)10(11)13-7-9(6-2)12-4;1-4-6-8(11-13)10-9(12)7(3)5-2;1-4(2,5)6-3/h8-9H,5-7H2,1-4H3;4,6-7,13H,5H2,1-3H3,(H,10,11,12);5H,1-3H3/b;6-4-;. The first-order chi connectivity index (χ1) is 14.9. The van der Waals surface area contributed by atoms with E-state index >= 15 is 0 Å². The molecule has 0 saturated heterocycles. The SMILES string of the molecule is C/C=C\C(=N/O)NC(=O)C(C)CC.CCC(COC(=O)C(C)CC)OC.COC(C)(C)O. The first kappa shape index (κ1) is 34.6. The van der Waals surface area contributed by atoms with Gasteiger partial charge in [-0.2, -0.15) is 0 Å².